The number of hydrogen-bond acceptors (Lipinski definition) is 5. The summed E-state index contributed by atoms with van der Waals surface area (Å²) in [6.07, 6.45) is 78.1. The molecule has 6 heteroatoms. The Labute approximate surface area is 463 Å². The number of esters is 1. The molecule has 0 saturated heterocycles. The van der Waals surface area contributed by atoms with Crippen LogP contribution in [0.3, 0.4) is 0 Å². The summed E-state index contributed by atoms with van der Waals surface area (Å²) < 4.78 is 5.51. The minimum atomic E-state index is -0.665. The Bertz CT molecular complexity index is 1110. The number of unbranched alkanes of at least 4 members (excludes halogenated alkanes) is 51. The summed E-state index contributed by atoms with van der Waals surface area (Å²) in [5.74, 6) is -0.0195. The predicted octanol–water partition coefficient (Wildman–Crippen LogP) is 21.6. The molecule has 3 N–H and O–H groups in total. The number of ether oxygens (including phenoxy) is 1. The number of allylic oxidation sites excluding steroid dienone is 2. The number of rotatable bonds is 64. The highest BCUT2D eigenvalue weighted by Crippen LogP contribution is 2.19. The van der Waals surface area contributed by atoms with Crippen molar-refractivity contribution in [2.24, 2.45) is 0 Å². The highest BCUT2D eigenvalue weighted by Gasteiger charge is 2.20. The summed E-state index contributed by atoms with van der Waals surface area (Å²) in [6.45, 7) is 4.98. The van der Waals surface area contributed by atoms with Crippen molar-refractivity contribution in [2.45, 2.75) is 398 Å². The van der Waals surface area contributed by atoms with E-state index in [1.165, 1.54) is 308 Å². The Hall–Kier alpha value is -1.40. The van der Waals surface area contributed by atoms with E-state index in [2.05, 4.69) is 31.3 Å². The molecular formula is C68H133NO5. The van der Waals surface area contributed by atoms with Crippen LogP contribution in [0.1, 0.15) is 386 Å². The molecule has 0 heterocycles. The highest BCUT2D eigenvalue weighted by atomic mass is 16.5. The van der Waals surface area contributed by atoms with Crippen LogP contribution in [-0.2, 0) is 14.3 Å². The van der Waals surface area contributed by atoms with Crippen molar-refractivity contribution >= 4 is 11.9 Å². The molecule has 0 spiro atoms. The molecule has 440 valence electrons. The lowest BCUT2D eigenvalue weighted by atomic mass is 10.0. The first-order valence-electron chi connectivity index (χ1n) is 33.9. The molecule has 0 aromatic carbocycles. The van der Waals surface area contributed by atoms with Crippen LogP contribution in [-0.4, -0.2) is 47.4 Å². The molecule has 0 aromatic rings. The summed E-state index contributed by atoms with van der Waals surface area (Å²) in [6, 6.07) is -0.542. The van der Waals surface area contributed by atoms with Crippen molar-refractivity contribution in [2.75, 3.05) is 13.2 Å². The summed E-state index contributed by atoms with van der Waals surface area (Å²) in [5, 5.41) is 23.4. The van der Waals surface area contributed by atoms with Crippen molar-refractivity contribution in [1.82, 2.24) is 5.32 Å². The van der Waals surface area contributed by atoms with Gasteiger partial charge in [-0.3, -0.25) is 9.59 Å². The van der Waals surface area contributed by atoms with E-state index in [9.17, 15) is 19.8 Å². The predicted molar refractivity (Wildman–Crippen MR) is 324 cm³/mol. The molecule has 0 rings (SSSR count). The maximum absolute atomic E-state index is 12.5. The first kappa shape index (κ1) is 72.6. The highest BCUT2D eigenvalue weighted by molar-refractivity contribution is 5.76. The average molecular weight is 1040 g/mol. The smallest absolute Gasteiger partial charge is 0.305 e. The molecule has 6 nitrogen and oxygen atoms in total. The van der Waals surface area contributed by atoms with Gasteiger partial charge < -0.3 is 20.3 Å². The van der Waals surface area contributed by atoms with Crippen molar-refractivity contribution in [3.63, 3.8) is 0 Å². The van der Waals surface area contributed by atoms with Gasteiger partial charge in [0.2, 0.25) is 5.91 Å². The number of aliphatic hydroxyl groups is 2. The van der Waals surface area contributed by atoms with Crippen LogP contribution in [0.15, 0.2) is 12.2 Å². The fraction of sp³-hybridized carbons (Fsp3) is 0.941. The molecule has 2 unspecified atom stereocenters. The molecule has 0 aliphatic rings. The van der Waals surface area contributed by atoms with Gasteiger partial charge in [-0.15, -0.1) is 0 Å². The fourth-order valence-electron chi connectivity index (χ4n) is 10.9. The number of aliphatic hydroxyl groups excluding tert-OH is 2. The van der Waals surface area contributed by atoms with Crippen molar-refractivity contribution < 1.29 is 24.5 Å². The van der Waals surface area contributed by atoms with Crippen molar-refractivity contribution in [3.05, 3.63) is 12.2 Å². The topological polar surface area (TPSA) is 95.9 Å². The zero-order valence-electron chi connectivity index (χ0n) is 50.4. The standard InChI is InChI=1S/C68H133NO5/c1-3-5-7-9-11-13-15-17-19-21-25-30-34-38-42-46-50-54-58-62-68(73)74-63-59-55-51-47-43-39-35-31-27-24-22-23-26-29-33-37-41-45-49-53-57-61-67(72)69-65(64-70)66(71)60-56-52-48-44-40-36-32-28-20-18-16-14-12-10-8-6-4-2/h17,19,65-66,70-71H,3-16,18,20-64H2,1-2H3,(H,69,72)/b19-17-. The Morgan fingerprint density at radius 1 is 0.365 bits per heavy atom. The van der Waals surface area contributed by atoms with Crippen molar-refractivity contribution in [3.8, 4) is 0 Å². The van der Waals surface area contributed by atoms with Crippen LogP contribution in [0.5, 0.6) is 0 Å². The zero-order chi connectivity index (χ0) is 53.6. The lowest BCUT2D eigenvalue weighted by molar-refractivity contribution is -0.143. The van der Waals surface area contributed by atoms with E-state index in [0.717, 1.165) is 44.9 Å². The minimum Gasteiger partial charge on any atom is -0.466 e. The average Bonchev–Trinajstić information content (AvgIpc) is 3.40. The van der Waals surface area contributed by atoms with E-state index in [1.54, 1.807) is 0 Å². The molecule has 0 aliphatic carbocycles. The van der Waals surface area contributed by atoms with Crippen LogP contribution in [0.4, 0.5) is 0 Å². The van der Waals surface area contributed by atoms with E-state index >= 15 is 0 Å². The van der Waals surface area contributed by atoms with Crippen LogP contribution in [0, 0.1) is 0 Å². The van der Waals surface area contributed by atoms with Crippen LogP contribution >= 0.6 is 0 Å². The quantitative estimate of drug-likeness (QED) is 0.0320. The van der Waals surface area contributed by atoms with Crippen LogP contribution < -0.4 is 5.32 Å². The normalized spacial score (nSPS) is 12.5. The molecule has 2 atom stereocenters. The number of carbonyl (C=O) groups excluding carboxylic acids is 2. The molecule has 0 bridgehead atoms. The second-order valence-corrected chi connectivity index (χ2v) is 23.5. The SMILES string of the molecule is CCCCCCCC/C=C\CCCCCCCCCCCC(=O)OCCCCCCCCCCCCCCCCCCCCCCCC(=O)NC(CO)C(O)CCCCCCCCCCCCCCCCCCC. The van der Waals surface area contributed by atoms with Crippen molar-refractivity contribution in [1.29, 1.82) is 0 Å². The Morgan fingerprint density at radius 3 is 0.959 bits per heavy atom. The Morgan fingerprint density at radius 2 is 0.635 bits per heavy atom. The van der Waals surface area contributed by atoms with Gasteiger partial charge in [-0.05, 0) is 51.4 Å². The number of hydrogen-bond donors (Lipinski definition) is 3. The molecule has 1 amide bonds. The first-order valence-corrected chi connectivity index (χ1v) is 33.9. The molecule has 0 fully saturated rings. The van der Waals surface area contributed by atoms with Gasteiger partial charge in [0.1, 0.15) is 0 Å². The summed E-state index contributed by atoms with van der Waals surface area (Å²) >= 11 is 0. The number of carbonyl (C=O) groups is 2. The maximum atomic E-state index is 12.5. The van der Waals surface area contributed by atoms with Gasteiger partial charge in [-0.25, -0.2) is 0 Å². The van der Waals surface area contributed by atoms with E-state index in [0.29, 0.717) is 25.9 Å². The molecule has 0 radical (unpaired) electrons. The molecule has 74 heavy (non-hydrogen) atoms. The number of amides is 1. The van der Waals surface area contributed by atoms with Gasteiger partial charge in [0.25, 0.3) is 0 Å². The lowest BCUT2D eigenvalue weighted by Crippen LogP contribution is -2.45. The van der Waals surface area contributed by atoms with Crippen LogP contribution in [0.25, 0.3) is 0 Å². The second-order valence-electron chi connectivity index (χ2n) is 23.5. The molecular weight excluding hydrogens is 911 g/mol. The molecule has 0 aliphatic heterocycles. The largest absolute Gasteiger partial charge is 0.466 e. The minimum absolute atomic E-state index is 0.0128. The summed E-state index contributed by atoms with van der Waals surface area (Å²) in [4.78, 5) is 24.6. The summed E-state index contributed by atoms with van der Waals surface area (Å²) in [7, 11) is 0. The van der Waals surface area contributed by atoms with Gasteiger partial charge in [0.05, 0.1) is 25.4 Å². The van der Waals surface area contributed by atoms with Gasteiger partial charge in [0.15, 0.2) is 0 Å². The monoisotopic (exact) mass is 1040 g/mol. The first-order chi connectivity index (χ1) is 36.5. The third-order valence-corrected chi connectivity index (χ3v) is 16.1. The Balaban J connectivity index is 3.36. The summed E-state index contributed by atoms with van der Waals surface area (Å²) in [5.41, 5.74) is 0. The maximum Gasteiger partial charge on any atom is 0.305 e. The zero-order valence-corrected chi connectivity index (χ0v) is 50.4. The van der Waals surface area contributed by atoms with Gasteiger partial charge >= 0.3 is 5.97 Å². The van der Waals surface area contributed by atoms with Gasteiger partial charge in [-0.1, -0.05) is 334 Å². The third kappa shape index (κ3) is 59.8. The van der Waals surface area contributed by atoms with Gasteiger partial charge in [0, 0.05) is 12.8 Å². The van der Waals surface area contributed by atoms with E-state index in [-0.39, 0.29) is 18.5 Å². The lowest BCUT2D eigenvalue weighted by Gasteiger charge is -2.22. The van der Waals surface area contributed by atoms with E-state index < -0.39 is 12.1 Å². The molecule has 0 saturated carbocycles. The van der Waals surface area contributed by atoms with Gasteiger partial charge in [-0.2, -0.15) is 0 Å². The van der Waals surface area contributed by atoms with E-state index in [1.807, 2.05) is 0 Å². The van der Waals surface area contributed by atoms with E-state index in [4.69, 9.17) is 4.74 Å². The fourth-order valence-corrected chi connectivity index (χ4v) is 10.9. The number of nitrogens with one attached hydrogen (secondary N) is 1. The Kier molecular flexibility index (Phi) is 62.9. The molecule has 0 aromatic heterocycles. The van der Waals surface area contributed by atoms with Crippen LogP contribution in [0.2, 0.25) is 0 Å². The second kappa shape index (κ2) is 64.1. The third-order valence-electron chi connectivity index (χ3n) is 16.1.